The van der Waals surface area contributed by atoms with E-state index in [1.54, 1.807) is 0 Å². The highest BCUT2D eigenvalue weighted by Gasteiger charge is 2.69. The van der Waals surface area contributed by atoms with Crippen LogP contribution in [0.15, 0.2) is 0 Å². The number of fused-ring (bicyclic) bond motifs is 2. The normalized spacial score (nSPS) is 54.1. The van der Waals surface area contributed by atoms with Crippen LogP contribution in [0, 0.1) is 46.3 Å². The molecule has 4 aliphatic rings. The molecular weight excluding hydrogens is 331 g/mol. The summed E-state index contributed by atoms with van der Waals surface area (Å²) in [5.41, 5.74) is 2.01. The van der Waals surface area contributed by atoms with E-state index in [4.69, 9.17) is 0 Å². The molecule has 0 aliphatic heterocycles. The van der Waals surface area contributed by atoms with E-state index in [0.717, 1.165) is 52.7 Å². The molecule has 0 aromatic heterocycles. The standard InChI is InChI=1S/C20H34BBr/c1-11-7-9-13-15(19(13,3)4)17(11)21(22)18-12(2)8-10-14-16(18)20(14,5)6/h11-18H,7-10H2,1-6H3/t11-,12-,13+,14+,15+,16+,17+,18+/m1/s1. The topological polar surface area (TPSA) is 0 Å². The molecule has 124 valence electrons. The zero-order valence-electron chi connectivity index (χ0n) is 15.4. The Kier molecular flexibility index (Phi) is 3.50. The van der Waals surface area contributed by atoms with Crippen molar-refractivity contribution in [2.45, 2.75) is 78.9 Å². The van der Waals surface area contributed by atoms with Crippen LogP contribution in [0.25, 0.3) is 0 Å². The average Bonchev–Trinajstić information content (AvgIpc) is 3.20. The van der Waals surface area contributed by atoms with Gasteiger partial charge in [-0.3, -0.25) is 0 Å². The van der Waals surface area contributed by atoms with Gasteiger partial charge in [-0.1, -0.05) is 54.4 Å². The smallest absolute Gasteiger partial charge is 0.156 e. The van der Waals surface area contributed by atoms with Gasteiger partial charge < -0.3 is 0 Å². The molecule has 0 nitrogen and oxygen atoms in total. The predicted octanol–water partition coefficient (Wildman–Crippen LogP) is 6.52. The van der Waals surface area contributed by atoms with E-state index in [1.165, 1.54) is 25.7 Å². The summed E-state index contributed by atoms with van der Waals surface area (Å²) in [6.45, 7) is 15.3. The number of hydrogen-bond donors (Lipinski definition) is 0. The third-order valence-electron chi connectivity index (χ3n) is 9.02. The fourth-order valence-corrected chi connectivity index (χ4v) is 9.16. The Morgan fingerprint density at radius 1 is 0.727 bits per heavy atom. The maximum Gasteiger partial charge on any atom is 0.230 e. The largest absolute Gasteiger partial charge is 0.230 e. The van der Waals surface area contributed by atoms with Crippen LogP contribution < -0.4 is 0 Å². The lowest BCUT2D eigenvalue weighted by Crippen LogP contribution is -2.35. The van der Waals surface area contributed by atoms with Crippen LogP contribution >= 0.6 is 15.8 Å². The summed E-state index contributed by atoms with van der Waals surface area (Å²) < 4.78 is 0. The monoisotopic (exact) mass is 364 g/mol. The van der Waals surface area contributed by atoms with E-state index in [9.17, 15) is 0 Å². The molecule has 0 aromatic carbocycles. The first-order chi connectivity index (χ1) is 10.2. The molecule has 0 radical (unpaired) electrons. The summed E-state index contributed by atoms with van der Waals surface area (Å²) in [6, 6.07) is 0. The lowest BCUT2D eigenvalue weighted by atomic mass is 9.42. The first-order valence-corrected chi connectivity index (χ1v) is 10.7. The van der Waals surface area contributed by atoms with Gasteiger partial charge in [0.1, 0.15) is 0 Å². The van der Waals surface area contributed by atoms with Crippen molar-refractivity contribution < 1.29 is 0 Å². The first kappa shape index (κ1) is 16.0. The van der Waals surface area contributed by atoms with Crippen molar-refractivity contribution in [1.29, 1.82) is 0 Å². The minimum atomic E-state index is 0.623. The van der Waals surface area contributed by atoms with E-state index < -0.39 is 0 Å². The van der Waals surface area contributed by atoms with E-state index in [2.05, 4.69) is 57.3 Å². The maximum atomic E-state index is 4.32. The predicted molar refractivity (Wildman–Crippen MR) is 100 cm³/mol. The second-order valence-corrected chi connectivity index (χ2v) is 11.7. The minimum Gasteiger partial charge on any atom is -0.156 e. The molecule has 4 aliphatic carbocycles. The van der Waals surface area contributed by atoms with Crippen molar-refractivity contribution >= 4 is 21.3 Å². The van der Waals surface area contributed by atoms with Gasteiger partial charge in [-0.05, 0) is 70.8 Å². The summed E-state index contributed by atoms with van der Waals surface area (Å²) >= 11 is 4.32. The van der Waals surface area contributed by atoms with Crippen LogP contribution in [0.1, 0.15) is 67.2 Å². The van der Waals surface area contributed by atoms with E-state index >= 15 is 0 Å². The molecule has 0 amide bonds. The quantitative estimate of drug-likeness (QED) is 0.489. The summed E-state index contributed by atoms with van der Waals surface area (Å²) in [6.07, 6.45) is 5.92. The highest BCUT2D eigenvalue weighted by atomic mass is 79.9. The fraction of sp³-hybridized carbons (Fsp3) is 1.00. The van der Waals surface area contributed by atoms with Crippen LogP contribution in [0.3, 0.4) is 0 Å². The molecule has 0 spiro atoms. The van der Waals surface area contributed by atoms with Gasteiger partial charge >= 0.3 is 0 Å². The lowest BCUT2D eigenvalue weighted by molar-refractivity contribution is 0.332. The Labute approximate surface area is 146 Å². The van der Waals surface area contributed by atoms with Crippen molar-refractivity contribution in [2.75, 3.05) is 0 Å². The second kappa shape index (κ2) is 4.80. The van der Waals surface area contributed by atoms with Crippen LogP contribution in [0.2, 0.25) is 11.6 Å². The van der Waals surface area contributed by atoms with Crippen LogP contribution in [-0.4, -0.2) is 5.54 Å². The highest BCUT2D eigenvalue weighted by Crippen LogP contribution is 2.76. The lowest BCUT2D eigenvalue weighted by Gasteiger charge is -2.39. The Balaban J connectivity index is 1.59. The third kappa shape index (κ3) is 2.01. The molecule has 2 heteroatoms. The molecule has 0 heterocycles. The molecule has 0 aromatic rings. The van der Waals surface area contributed by atoms with Gasteiger partial charge in [0.2, 0.25) is 5.54 Å². The molecule has 4 rings (SSSR count). The van der Waals surface area contributed by atoms with Gasteiger partial charge in [-0.2, -0.15) is 15.8 Å². The molecule has 4 saturated carbocycles. The van der Waals surface area contributed by atoms with Crippen molar-refractivity contribution in [1.82, 2.24) is 0 Å². The molecule has 0 bridgehead atoms. The second-order valence-electron chi connectivity index (χ2n) is 10.6. The Bertz CT molecular complexity index is 428. The Morgan fingerprint density at radius 2 is 1.09 bits per heavy atom. The number of hydrogen-bond acceptors (Lipinski definition) is 0. The maximum absolute atomic E-state index is 4.32. The van der Waals surface area contributed by atoms with Crippen LogP contribution in [0.4, 0.5) is 0 Å². The molecule has 4 fully saturated rings. The summed E-state index contributed by atoms with van der Waals surface area (Å²) in [7, 11) is 0. The van der Waals surface area contributed by atoms with Crippen molar-refractivity contribution in [3.05, 3.63) is 0 Å². The summed E-state index contributed by atoms with van der Waals surface area (Å²) in [5, 5.41) is 0. The molecule has 8 atom stereocenters. The highest BCUT2D eigenvalue weighted by molar-refractivity contribution is 9.24. The van der Waals surface area contributed by atoms with Gasteiger partial charge in [0.25, 0.3) is 0 Å². The minimum absolute atomic E-state index is 0.623. The summed E-state index contributed by atoms with van der Waals surface area (Å²) in [4.78, 5) is 0. The van der Waals surface area contributed by atoms with E-state index in [-0.39, 0.29) is 0 Å². The van der Waals surface area contributed by atoms with Crippen molar-refractivity contribution in [3.8, 4) is 0 Å². The van der Waals surface area contributed by atoms with Crippen molar-refractivity contribution in [2.24, 2.45) is 46.3 Å². The van der Waals surface area contributed by atoms with Gasteiger partial charge in [-0.15, -0.1) is 0 Å². The fourth-order valence-electron chi connectivity index (χ4n) is 7.46. The first-order valence-electron chi connectivity index (χ1n) is 9.83. The zero-order valence-corrected chi connectivity index (χ0v) is 17.0. The van der Waals surface area contributed by atoms with E-state index in [0.29, 0.717) is 10.8 Å². The van der Waals surface area contributed by atoms with Gasteiger partial charge in [-0.25, -0.2) is 0 Å². The van der Waals surface area contributed by atoms with Gasteiger partial charge in [0.05, 0.1) is 0 Å². The zero-order chi connectivity index (χ0) is 16.0. The molecule has 0 unspecified atom stereocenters. The summed E-state index contributed by atoms with van der Waals surface area (Å²) in [5.74, 6) is 7.73. The van der Waals surface area contributed by atoms with Crippen LogP contribution in [0.5, 0.6) is 0 Å². The van der Waals surface area contributed by atoms with Crippen molar-refractivity contribution in [3.63, 3.8) is 0 Å². The Morgan fingerprint density at radius 3 is 1.45 bits per heavy atom. The molecule has 22 heavy (non-hydrogen) atoms. The third-order valence-corrected chi connectivity index (χ3v) is 10.2. The van der Waals surface area contributed by atoms with Gasteiger partial charge in [0.15, 0.2) is 0 Å². The SMILES string of the molecule is C[C@@H]1CC[C@H]2[C@@H]([C@H]1B(Br)[C@@H]1[C@@H]3[C@H](CC[C@H]1C)C3(C)C)C2(C)C. The van der Waals surface area contributed by atoms with Crippen LogP contribution in [-0.2, 0) is 0 Å². The average molecular weight is 365 g/mol. The molecule has 0 N–H and O–H groups in total. The number of halogens is 1. The van der Waals surface area contributed by atoms with Gasteiger partial charge in [0, 0.05) is 0 Å². The Hall–Kier alpha value is 0.545. The number of rotatable bonds is 2. The molecule has 0 saturated heterocycles. The van der Waals surface area contributed by atoms with E-state index in [1.807, 2.05) is 0 Å². The molecular formula is C20H34BBr.